The van der Waals surface area contributed by atoms with Crippen LogP contribution in [0.15, 0.2) is 29.3 Å². The second-order valence-corrected chi connectivity index (χ2v) is 3.24. The molecule has 1 unspecified atom stereocenters. The Labute approximate surface area is 88.5 Å². The van der Waals surface area contributed by atoms with Crippen molar-refractivity contribution < 1.29 is 4.79 Å². The zero-order valence-electron chi connectivity index (χ0n) is 8.64. The Morgan fingerprint density at radius 3 is 2.33 bits per heavy atom. The van der Waals surface area contributed by atoms with E-state index in [9.17, 15) is 4.79 Å². The van der Waals surface area contributed by atoms with Crippen LogP contribution in [-0.4, -0.2) is 20.2 Å². The van der Waals surface area contributed by atoms with Crippen LogP contribution in [0, 0.1) is 11.3 Å². The summed E-state index contributed by atoms with van der Waals surface area (Å²) < 4.78 is 0. The Hall–Kier alpha value is -2.11. The molecule has 0 N–H and O–H groups in total. The molecule has 0 amide bonds. The monoisotopic (exact) mass is 201 g/mol. The number of hydrogen-bond donors (Lipinski definition) is 0. The summed E-state index contributed by atoms with van der Waals surface area (Å²) in [4.78, 5) is 15.4. The third-order valence-corrected chi connectivity index (χ3v) is 2.03. The number of hydrogen-bond acceptors (Lipinski definition) is 4. The van der Waals surface area contributed by atoms with Gasteiger partial charge in [-0.2, -0.15) is 10.3 Å². The molecule has 0 spiro atoms. The van der Waals surface area contributed by atoms with E-state index in [1.165, 1.54) is 6.08 Å². The predicted octanol–water partition coefficient (Wildman–Crippen LogP) is 1.65. The van der Waals surface area contributed by atoms with E-state index >= 15 is 0 Å². The van der Waals surface area contributed by atoms with Crippen molar-refractivity contribution in [3.8, 4) is 6.07 Å². The fraction of sp³-hybridized carbons (Fsp3) is 0.273. The van der Waals surface area contributed by atoms with Crippen LogP contribution in [-0.2, 0) is 4.79 Å². The molecule has 1 atom stereocenters. The number of isocyanates is 1. The number of benzene rings is 1. The Morgan fingerprint density at radius 2 is 1.93 bits per heavy atom. The van der Waals surface area contributed by atoms with Gasteiger partial charge in [-0.15, -0.1) is 0 Å². The number of nitrogens with zero attached hydrogens (tertiary/aromatic N) is 3. The molecule has 15 heavy (non-hydrogen) atoms. The fourth-order valence-corrected chi connectivity index (χ4v) is 1.19. The molecular weight excluding hydrogens is 190 g/mol. The molecule has 0 aromatic heterocycles. The van der Waals surface area contributed by atoms with E-state index < -0.39 is 6.04 Å². The van der Waals surface area contributed by atoms with E-state index in [0.29, 0.717) is 5.56 Å². The summed E-state index contributed by atoms with van der Waals surface area (Å²) in [6.07, 6.45) is 1.40. The van der Waals surface area contributed by atoms with Gasteiger partial charge >= 0.3 is 0 Å². The Balaban J connectivity index is 2.98. The van der Waals surface area contributed by atoms with E-state index in [4.69, 9.17) is 5.26 Å². The summed E-state index contributed by atoms with van der Waals surface area (Å²) >= 11 is 0. The largest absolute Gasteiger partial charge is 0.378 e. The zero-order valence-corrected chi connectivity index (χ0v) is 8.64. The summed E-state index contributed by atoms with van der Waals surface area (Å²) in [5.74, 6) is 0. The first kappa shape index (κ1) is 11.0. The average Bonchev–Trinajstić information content (AvgIpc) is 2.26. The van der Waals surface area contributed by atoms with E-state index in [2.05, 4.69) is 4.99 Å². The Bertz CT molecular complexity index is 410. The molecule has 0 radical (unpaired) electrons. The topological polar surface area (TPSA) is 56.5 Å². The van der Waals surface area contributed by atoms with Crippen LogP contribution in [0.4, 0.5) is 5.69 Å². The minimum atomic E-state index is -0.751. The first-order chi connectivity index (χ1) is 7.19. The van der Waals surface area contributed by atoms with Crippen molar-refractivity contribution in [1.29, 1.82) is 5.26 Å². The Morgan fingerprint density at radius 1 is 1.33 bits per heavy atom. The number of aliphatic imine (C=N–C) groups is 1. The molecule has 0 saturated heterocycles. The predicted molar refractivity (Wildman–Crippen MR) is 57.2 cm³/mol. The molecule has 0 fully saturated rings. The molecule has 0 aliphatic heterocycles. The molecule has 0 aliphatic carbocycles. The standard InChI is InChI=1S/C11H11N3O/c1-14(2)10-5-3-9(4-6-10)11(7-12)13-8-15/h3-6,11H,1-2H3. The van der Waals surface area contributed by atoms with Gasteiger partial charge in [0, 0.05) is 19.8 Å². The maximum absolute atomic E-state index is 10.1. The van der Waals surface area contributed by atoms with Crippen LogP contribution in [0.25, 0.3) is 0 Å². The smallest absolute Gasteiger partial charge is 0.236 e. The number of carbonyl (C=O) groups excluding carboxylic acids is 1. The van der Waals surface area contributed by atoms with Gasteiger partial charge in [-0.1, -0.05) is 12.1 Å². The lowest BCUT2D eigenvalue weighted by molar-refractivity contribution is 0.561. The highest BCUT2D eigenvalue weighted by Gasteiger charge is 2.08. The highest BCUT2D eigenvalue weighted by Crippen LogP contribution is 2.19. The highest BCUT2D eigenvalue weighted by atomic mass is 16.1. The lowest BCUT2D eigenvalue weighted by Crippen LogP contribution is -2.08. The Kier molecular flexibility index (Phi) is 3.61. The molecule has 1 aromatic rings. The summed E-state index contributed by atoms with van der Waals surface area (Å²) in [6, 6.07) is 8.49. The van der Waals surface area contributed by atoms with Crippen LogP contribution in [0.1, 0.15) is 11.6 Å². The second-order valence-electron chi connectivity index (χ2n) is 3.24. The van der Waals surface area contributed by atoms with Crippen LogP contribution in [0.2, 0.25) is 0 Å². The third-order valence-electron chi connectivity index (χ3n) is 2.03. The minimum absolute atomic E-state index is 0.700. The van der Waals surface area contributed by atoms with Crippen LogP contribution in [0.5, 0.6) is 0 Å². The van der Waals surface area contributed by atoms with Crippen LogP contribution >= 0.6 is 0 Å². The van der Waals surface area contributed by atoms with Gasteiger partial charge in [-0.25, -0.2) is 4.79 Å². The number of nitriles is 1. The summed E-state index contributed by atoms with van der Waals surface area (Å²) in [5.41, 5.74) is 1.73. The van der Waals surface area contributed by atoms with E-state index in [0.717, 1.165) is 5.69 Å². The van der Waals surface area contributed by atoms with Crippen molar-refractivity contribution in [3.05, 3.63) is 29.8 Å². The summed E-state index contributed by atoms with van der Waals surface area (Å²) in [5, 5.41) is 8.76. The lowest BCUT2D eigenvalue weighted by atomic mass is 10.1. The lowest BCUT2D eigenvalue weighted by Gasteiger charge is -2.12. The number of anilines is 1. The van der Waals surface area contributed by atoms with Crippen molar-refractivity contribution in [3.63, 3.8) is 0 Å². The maximum atomic E-state index is 10.1. The van der Waals surface area contributed by atoms with E-state index in [1.54, 1.807) is 12.1 Å². The third kappa shape index (κ3) is 2.67. The van der Waals surface area contributed by atoms with Gasteiger partial charge in [0.1, 0.15) is 0 Å². The second kappa shape index (κ2) is 4.94. The van der Waals surface area contributed by atoms with Crippen molar-refractivity contribution in [2.45, 2.75) is 6.04 Å². The normalized spacial score (nSPS) is 11.0. The van der Waals surface area contributed by atoms with Crippen LogP contribution < -0.4 is 4.90 Å². The van der Waals surface area contributed by atoms with E-state index in [-0.39, 0.29) is 0 Å². The zero-order chi connectivity index (χ0) is 11.3. The van der Waals surface area contributed by atoms with Gasteiger partial charge in [0.25, 0.3) is 0 Å². The molecule has 0 heterocycles. The first-order valence-electron chi connectivity index (χ1n) is 4.43. The molecule has 1 rings (SSSR count). The van der Waals surface area contributed by atoms with Crippen molar-refractivity contribution >= 4 is 11.8 Å². The van der Waals surface area contributed by atoms with Gasteiger partial charge in [0.2, 0.25) is 6.08 Å². The van der Waals surface area contributed by atoms with Crippen molar-refractivity contribution in [1.82, 2.24) is 0 Å². The molecule has 0 bridgehead atoms. The average molecular weight is 201 g/mol. The van der Waals surface area contributed by atoms with Crippen molar-refractivity contribution in [2.24, 2.45) is 4.99 Å². The van der Waals surface area contributed by atoms with Gasteiger partial charge in [-0.3, -0.25) is 0 Å². The van der Waals surface area contributed by atoms with Crippen LogP contribution in [0.3, 0.4) is 0 Å². The molecule has 4 heteroatoms. The van der Waals surface area contributed by atoms with Gasteiger partial charge in [0.15, 0.2) is 6.04 Å². The first-order valence-corrected chi connectivity index (χ1v) is 4.43. The fourth-order valence-electron chi connectivity index (χ4n) is 1.19. The summed E-state index contributed by atoms with van der Waals surface area (Å²) in [6.45, 7) is 0. The molecule has 76 valence electrons. The molecule has 0 aliphatic rings. The van der Waals surface area contributed by atoms with Gasteiger partial charge in [0.05, 0.1) is 6.07 Å². The van der Waals surface area contributed by atoms with Crippen molar-refractivity contribution in [2.75, 3.05) is 19.0 Å². The molecule has 0 saturated carbocycles. The number of rotatable bonds is 3. The van der Waals surface area contributed by atoms with E-state index in [1.807, 2.05) is 37.2 Å². The molecule has 4 nitrogen and oxygen atoms in total. The molecular formula is C11H11N3O. The highest BCUT2D eigenvalue weighted by molar-refractivity contribution is 5.47. The minimum Gasteiger partial charge on any atom is -0.378 e. The quantitative estimate of drug-likeness (QED) is 0.552. The van der Waals surface area contributed by atoms with Gasteiger partial charge in [-0.05, 0) is 17.7 Å². The maximum Gasteiger partial charge on any atom is 0.236 e. The van der Waals surface area contributed by atoms with Gasteiger partial charge < -0.3 is 4.90 Å². The SMILES string of the molecule is CN(C)c1ccc(C(C#N)N=C=O)cc1. The molecule has 1 aromatic carbocycles. The summed E-state index contributed by atoms with van der Waals surface area (Å²) in [7, 11) is 3.86.